The van der Waals surface area contributed by atoms with E-state index in [0.29, 0.717) is 12.0 Å². The summed E-state index contributed by atoms with van der Waals surface area (Å²) in [4.78, 5) is 0. The van der Waals surface area contributed by atoms with Gasteiger partial charge < -0.3 is 32.8 Å². The maximum Gasteiger partial charge on any atom is 0.192 e. The van der Waals surface area contributed by atoms with E-state index in [4.69, 9.17) is 32.8 Å². The molecular formula is C38H67IO7Si. The highest BCUT2D eigenvalue weighted by molar-refractivity contribution is 14.1. The number of halogens is 1. The molecule has 6 heterocycles. The molecule has 0 spiro atoms. The molecule has 0 aromatic carbocycles. The van der Waals surface area contributed by atoms with Crippen molar-refractivity contribution >= 4 is 30.9 Å². The normalized spacial score (nSPS) is 49.1. The van der Waals surface area contributed by atoms with Gasteiger partial charge in [0.15, 0.2) is 8.32 Å². The van der Waals surface area contributed by atoms with E-state index in [9.17, 15) is 0 Å². The van der Waals surface area contributed by atoms with E-state index in [-0.39, 0.29) is 71.7 Å². The molecular weight excluding hydrogens is 723 g/mol. The minimum absolute atomic E-state index is 0.0492. The van der Waals surface area contributed by atoms with E-state index in [2.05, 4.69) is 78.0 Å². The highest BCUT2D eigenvalue weighted by atomic mass is 127. The van der Waals surface area contributed by atoms with Crippen LogP contribution in [0.5, 0.6) is 0 Å². The predicted octanol–water partition coefficient (Wildman–Crippen LogP) is 8.92. The highest BCUT2D eigenvalue weighted by Gasteiger charge is 2.55. The van der Waals surface area contributed by atoms with Crippen LogP contribution in [-0.2, 0) is 32.8 Å². The quantitative estimate of drug-likeness (QED) is 0.131. The first-order valence-electron chi connectivity index (χ1n) is 19.6. The minimum Gasteiger partial charge on any atom is -0.411 e. The summed E-state index contributed by atoms with van der Waals surface area (Å²) in [5, 5.41) is 0. The lowest BCUT2D eigenvalue weighted by atomic mass is 9.80. The van der Waals surface area contributed by atoms with E-state index in [1.54, 1.807) is 0 Å². The smallest absolute Gasteiger partial charge is 0.192 e. The molecule has 0 amide bonds. The molecule has 0 bridgehead atoms. The molecule has 0 N–H and O–H groups in total. The van der Waals surface area contributed by atoms with Crippen molar-refractivity contribution in [3.05, 3.63) is 0 Å². The van der Waals surface area contributed by atoms with Gasteiger partial charge in [0.1, 0.15) is 0 Å². The van der Waals surface area contributed by atoms with Crippen molar-refractivity contribution < 1.29 is 32.8 Å². The molecule has 47 heavy (non-hydrogen) atoms. The third kappa shape index (κ3) is 7.88. The van der Waals surface area contributed by atoms with Crippen LogP contribution in [0.25, 0.3) is 0 Å². The standard InChI is InChI=1S/C38H67IO7Si/c1-9-47(10-2,11-3)46-31-22-34-38(8,43-26(31)5)19-15-30-29(42-34)14-13-27(40-30)24-36(6)17-12-18-37(7)35(45-36)23-32-33(44-37)21-25(4)28(41-32)16-20-39/h25-35H,9-24H2,1-8H3/t25-,26+,27+,28-,29-,30+,31-,32+,33-,34+,35-,36-,37+,38-/m0/s1. The third-order valence-corrected chi connectivity index (χ3v) is 19.0. The Morgan fingerprint density at radius 2 is 1.45 bits per heavy atom. The Hall–Kier alpha value is 0.667. The molecule has 6 aliphatic heterocycles. The average molecular weight is 791 g/mol. The lowest BCUT2D eigenvalue weighted by molar-refractivity contribution is -0.286. The molecule has 14 atom stereocenters. The van der Waals surface area contributed by atoms with Gasteiger partial charge in [0.25, 0.3) is 0 Å². The molecule has 6 rings (SSSR count). The molecule has 6 aliphatic rings. The van der Waals surface area contributed by atoms with Crippen molar-refractivity contribution in [2.45, 2.75) is 228 Å². The van der Waals surface area contributed by atoms with Gasteiger partial charge in [-0.05, 0) is 110 Å². The number of hydrogen-bond acceptors (Lipinski definition) is 7. The van der Waals surface area contributed by atoms with Gasteiger partial charge in [-0.3, -0.25) is 0 Å². The first-order chi connectivity index (χ1) is 22.4. The molecule has 6 saturated heterocycles. The number of ether oxygens (including phenoxy) is 6. The van der Waals surface area contributed by atoms with Crippen LogP contribution in [0.3, 0.4) is 0 Å². The second-order valence-electron chi connectivity index (χ2n) is 17.1. The minimum atomic E-state index is -1.74. The third-order valence-electron chi connectivity index (χ3n) is 13.7. The van der Waals surface area contributed by atoms with Crippen LogP contribution in [0.4, 0.5) is 0 Å². The van der Waals surface area contributed by atoms with E-state index >= 15 is 0 Å². The van der Waals surface area contributed by atoms with Crippen LogP contribution in [0.2, 0.25) is 18.1 Å². The van der Waals surface area contributed by atoms with Crippen LogP contribution in [0, 0.1) is 5.92 Å². The lowest BCUT2D eigenvalue weighted by Crippen LogP contribution is -2.60. The van der Waals surface area contributed by atoms with Gasteiger partial charge in [0.05, 0.1) is 77.8 Å². The average Bonchev–Trinajstić information content (AvgIpc) is 3.25. The van der Waals surface area contributed by atoms with E-state index in [1.165, 1.54) is 0 Å². The molecule has 0 aromatic heterocycles. The zero-order chi connectivity index (χ0) is 33.6. The summed E-state index contributed by atoms with van der Waals surface area (Å²) in [5.41, 5.74) is -0.773. The predicted molar refractivity (Wildman–Crippen MR) is 197 cm³/mol. The molecule has 0 saturated carbocycles. The van der Waals surface area contributed by atoms with Crippen molar-refractivity contribution in [3.8, 4) is 0 Å². The van der Waals surface area contributed by atoms with E-state index in [0.717, 1.165) is 99.6 Å². The van der Waals surface area contributed by atoms with Crippen molar-refractivity contribution in [2.75, 3.05) is 4.43 Å². The van der Waals surface area contributed by atoms with Crippen molar-refractivity contribution in [2.24, 2.45) is 5.92 Å². The maximum atomic E-state index is 7.18. The molecule has 0 aromatic rings. The fraction of sp³-hybridized carbons (Fsp3) is 1.00. The largest absolute Gasteiger partial charge is 0.411 e. The highest BCUT2D eigenvalue weighted by Crippen LogP contribution is 2.48. The van der Waals surface area contributed by atoms with Gasteiger partial charge in [-0.2, -0.15) is 0 Å². The summed E-state index contributed by atoms with van der Waals surface area (Å²) in [7, 11) is -1.74. The topological polar surface area (TPSA) is 64.6 Å². The first-order valence-corrected chi connectivity index (χ1v) is 23.6. The number of rotatable bonds is 9. The Morgan fingerprint density at radius 3 is 2.17 bits per heavy atom. The lowest BCUT2D eigenvalue weighted by Gasteiger charge is -2.52. The van der Waals surface area contributed by atoms with Gasteiger partial charge in [-0.15, -0.1) is 0 Å². The van der Waals surface area contributed by atoms with Crippen molar-refractivity contribution in [1.29, 1.82) is 0 Å². The molecule has 6 fully saturated rings. The second kappa shape index (κ2) is 15.0. The molecule has 0 aliphatic carbocycles. The maximum absolute atomic E-state index is 7.18. The van der Waals surface area contributed by atoms with Crippen LogP contribution in [0.15, 0.2) is 0 Å². The first kappa shape index (κ1) is 37.4. The Kier molecular flexibility index (Phi) is 11.9. The van der Waals surface area contributed by atoms with E-state index in [1.807, 2.05) is 0 Å². The molecule has 0 unspecified atom stereocenters. The van der Waals surface area contributed by atoms with Gasteiger partial charge in [0, 0.05) is 23.7 Å². The summed E-state index contributed by atoms with van der Waals surface area (Å²) < 4.78 is 49.7. The Balaban J connectivity index is 1.08. The summed E-state index contributed by atoms with van der Waals surface area (Å²) >= 11 is 2.48. The summed E-state index contributed by atoms with van der Waals surface area (Å²) in [5.74, 6) is 0.545. The fourth-order valence-electron chi connectivity index (χ4n) is 10.3. The summed E-state index contributed by atoms with van der Waals surface area (Å²) in [6, 6.07) is 3.48. The van der Waals surface area contributed by atoms with Gasteiger partial charge in [-0.25, -0.2) is 0 Å². The van der Waals surface area contributed by atoms with Gasteiger partial charge in [0.2, 0.25) is 0 Å². The zero-order valence-electron chi connectivity index (χ0n) is 30.9. The molecule has 0 radical (unpaired) electrons. The van der Waals surface area contributed by atoms with Crippen LogP contribution < -0.4 is 0 Å². The second-order valence-corrected chi connectivity index (χ2v) is 22.9. The van der Waals surface area contributed by atoms with Gasteiger partial charge in [-0.1, -0.05) is 50.3 Å². The van der Waals surface area contributed by atoms with Crippen LogP contribution in [0.1, 0.15) is 132 Å². The monoisotopic (exact) mass is 790 g/mol. The SMILES string of the molecule is CC[Si](CC)(CC)O[C@H]1C[C@H]2O[C@H]3CC[C@H](C[C@]4(C)CCC[C@@]5(C)O[C@H]6C[C@H](C)[C@H](CCI)O[C@@H]6C[C@@H]5O4)O[C@@H]3CC[C@]2(C)O[C@@H]1C. The molecule has 7 nitrogen and oxygen atoms in total. The summed E-state index contributed by atoms with van der Waals surface area (Å²) in [6.07, 6.45) is 13.6. The number of alkyl halides is 1. The zero-order valence-corrected chi connectivity index (χ0v) is 34.1. The van der Waals surface area contributed by atoms with Crippen LogP contribution >= 0.6 is 22.6 Å². The van der Waals surface area contributed by atoms with E-state index < -0.39 is 8.32 Å². The van der Waals surface area contributed by atoms with Crippen molar-refractivity contribution in [1.82, 2.24) is 0 Å². The molecule has 9 heteroatoms. The summed E-state index contributed by atoms with van der Waals surface area (Å²) in [6.45, 7) is 18.4. The number of hydrogen-bond donors (Lipinski definition) is 0. The number of fused-ring (bicyclic) bond motifs is 4. The Bertz CT molecular complexity index is 1040. The van der Waals surface area contributed by atoms with Crippen LogP contribution in [-0.4, -0.2) is 90.6 Å². The Labute approximate surface area is 301 Å². The molecule has 272 valence electrons. The fourth-order valence-corrected chi connectivity index (χ4v) is 13.8. The Morgan fingerprint density at radius 1 is 0.723 bits per heavy atom. The van der Waals surface area contributed by atoms with Crippen molar-refractivity contribution in [3.63, 3.8) is 0 Å². The van der Waals surface area contributed by atoms with Gasteiger partial charge >= 0.3 is 0 Å².